The van der Waals surface area contributed by atoms with Crippen molar-refractivity contribution in [3.63, 3.8) is 0 Å². The van der Waals surface area contributed by atoms with Gasteiger partial charge in [-0.3, -0.25) is 4.79 Å². The molecule has 2 atom stereocenters. The zero-order valence-electron chi connectivity index (χ0n) is 13.1. The topological polar surface area (TPSA) is 43.1 Å². The highest BCUT2D eigenvalue weighted by Crippen LogP contribution is 2.48. The van der Waals surface area contributed by atoms with Crippen LogP contribution in [0.4, 0.5) is 5.69 Å². The summed E-state index contributed by atoms with van der Waals surface area (Å²) >= 11 is 1.58. The molecular weight excluding hydrogens is 314 g/mol. The van der Waals surface area contributed by atoms with Crippen LogP contribution in [0.1, 0.15) is 15.9 Å². The van der Waals surface area contributed by atoms with Crippen molar-refractivity contribution in [3.05, 3.63) is 89.4 Å². The van der Waals surface area contributed by atoms with Crippen LogP contribution in [0.3, 0.4) is 0 Å². The largest absolute Gasteiger partial charge is 0.398 e. The number of fused-ring (bicyclic) bond motifs is 2. The Labute approximate surface area is 145 Å². The number of para-hydroxylation sites is 1. The average Bonchev–Trinajstić information content (AvgIpc) is 2.61. The molecule has 3 heteroatoms. The Morgan fingerprint density at radius 2 is 1.71 bits per heavy atom. The van der Waals surface area contributed by atoms with Gasteiger partial charge in [-0.15, -0.1) is 0 Å². The van der Waals surface area contributed by atoms with Crippen molar-refractivity contribution in [2.45, 2.75) is 4.90 Å². The normalized spacial score (nSPS) is 21.9. The highest BCUT2D eigenvalue weighted by molar-refractivity contribution is 8.03. The highest BCUT2D eigenvalue weighted by atomic mass is 32.2. The summed E-state index contributed by atoms with van der Waals surface area (Å²) in [4.78, 5) is 15.1. The Balaban J connectivity index is 1.76. The molecule has 2 aliphatic carbocycles. The van der Waals surface area contributed by atoms with Gasteiger partial charge in [0.15, 0.2) is 5.78 Å². The minimum Gasteiger partial charge on any atom is -0.398 e. The molecule has 118 valence electrons. The molecule has 0 aromatic heterocycles. The third-order valence-electron chi connectivity index (χ3n) is 4.61. The molecule has 2 aliphatic rings. The van der Waals surface area contributed by atoms with Crippen molar-refractivity contribution in [2.75, 3.05) is 5.73 Å². The second-order valence-electron chi connectivity index (χ2n) is 6.03. The number of thioether (sulfide) groups is 1. The number of carbonyl (C=O) groups is 1. The van der Waals surface area contributed by atoms with Gasteiger partial charge in [0, 0.05) is 27.0 Å². The monoisotopic (exact) mass is 331 g/mol. The van der Waals surface area contributed by atoms with Gasteiger partial charge in [-0.25, -0.2) is 0 Å². The summed E-state index contributed by atoms with van der Waals surface area (Å²) in [5.41, 5.74) is 9.56. The van der Waals surface area contributed by atoms with Gasteiger partial charge >= 0.3 is 0 Å². The van der Waals surface area contributed by atoms with Crippen LogP contribution in [0.25, 0.3) is 5.57 Å². The lowest BCUT2D eigenvalue weighted by molar-refractivity contribution is 0.0925. The van der Waals surface area contributed by atoms with Crippen LogP contribution in [0.5, 0.6) is 0 Å². The van der Waals surface area contributed by atoms with E-state index in [1.165, 1.54) is 0 Å². The summed E-state index contributed by atoms with van der Waals surface area (Å²) in [6, 6.07) is 15.5. The van der Waals surface area contributed by atoms with Crippen molar-refractivity contribution in [1.29, 1.82) is 0 Å². The van der Waals surface area contributed by atoms with Gasteiger partial charge < -0.3 is 5.73 Å². The Hall–Kier alpha value is -2.52. The van der Waals surface area contributed by atoms with Gasteiger partial charge in [-0.1, -0.05) is 73.0 Å². The number of nitrogen functional groups attached to an aromatic ring is 1. The van der Waals surface area contributed by atoms with Crippen molar-refractivity contribution in [2.24, 2.45) is 11.8 Å². The van der Waals surface area contributed by atoms with Crippen LogP contribution in [-0.2, 0) is 0 Å². The molecule has 0 amide bonds. The van der Waals surface area contributed by atoms with Crippen LogP contribution in [0.2, 0.25) is 0 Å². The first-order chi connectivity index (χ1) is 11.7. The number of Topliss-reactive ketones (excluding diaryl/α,β-unsaturated/α-hetero) is 1. The van der Waals surface area contributed by atoms with Crippen LogP contribution in [-0.4, -0.2) is 5.78 Å². The number of hydrogen-bond acceptors (Lipinski definition) is 3. The molecule has 4 rings (SSSR count). The quantitative estimate of drug-likeness (QED) is 0.791. The molecule has 2 aromatic rings. The van der Waals surface area contributed by atoms with Crippen molar-refractivity contribution in [3.8, 4) is 0 Å². The zero-order chi connectivity index (χ0) is 16.7. The fourth-order valence-electron chi connectivity index (χ4n) is 3.39. The number of ketones is 1. The van der Waals surface area contributed by atoms with Gasteiger partial charge in [0.05, 0.1) is 5.92 Å². The molecule has 2 N–H and O–H groups in total. The first-order valence-electron chi connectivity index (χ1n) is 7.90. The lowest BCUT2D eigenvalue weighted by atomic mass is 9.70. The van der Waals surface area contributed by atoms with Crippen molar-refractivity contribution < 1.29 is 4.79 Å². The van der Waals surface area contributed by atoms with E-state index in [0.29, 0.717) is 0 Å². The van der Waals surface area contributed by atoms with E-state index in [1.54, 1.807) is 11.8 Å². The fourth-order valence-corrected chi connectivity index (χ4v) is 4.51. The van der Waals surface area contributed by atoms with E-state index >= 15 is 0 Å². The summed E-state index contributed by atoms with van der Waals surface area (Å²) in [5.74, 6) is -0.0209. The number of hydrogen-bond donors (Lipinski definition) is 1. The van der Waals surface area contributed by atoms with E-state index < -0.39 is 0 Å². The molecule has 2 nitrogen and oxygen atoms in total. The Kier molecular flexibility index (Phi) is 3.66. The zero-order valence-corrected chi connectivity index (χ0v) is 13.9. The molecule has 24 heavy (non-hydrogen) atoms. The van der Waals surface area contributed by atoms with E-state index in [2.05, 4.69) is 12.7 Å². The van der Waals surface area contributed by atoms with Gasteiger partial charge in [-0.2, -0.15) is 0 Å². The summed E-state index contributed by atoms with van der Waals surface area (Å²) < 4.78 is 0. The molecular formula is C21H17NOS. The fraction of sp³-hybridized carbons (Fsp3) is 0.0952. The number of nitrogens with two attached hydrogens (primary N) is 1. The molecule has 0 bridgehead atoms. The highest BCUT2D eigenvalue weighted by Gasteiger charge is 2.40. The van der Waals surface area contributed by atoms with Crippen LogP contribution >= 0.6 is 11.8 Å². The third kappa shape index (κ3) is 2.33. The number of benzene rings is 2. The Morgan fingerprint density at radius 1 is 1.00 bits per heavy atom. The SMILES string of the molecule is C=C1c2ccccc2C(=O)C2C(Sc3ccccc3N)=CC=CC12. The van der Waals surface area contributed by atoms with Gasteiger partial charge in [0.1, 0.15) is 0 Å². The standard InChI is InChI=1S/C21H17NOS/c1-13-14-7-2-3-8-16(14)21(23)20-15(13)9-6-12-19(20)24-18-11-5-4-10-17(18)22/h2-12,15,20H,1,22H2. The van der Waals surface area contributed by atoms with E-state index in [-0.39, 0.29) is 17.6 Å². The van der Waals surface area contributed by atoms with Crippen molar-refractivity contribution in [1.82, 2.24) is 0 Å². The molecule has 0 saturated heterocycles. The van der Waals surface area contributed by atoms with Gasteiger partial charge in [-0.05, 0) is 23.3 Å². The molecule has 0 saturated carbocycles. The van der Waals surface area contributed by atoms with E-state index in [0.717, 1.165) is 32.2 Å². The maximum atomic E-state index is 13.1. The van der Waals surface area contributed by atoms with Gasteiger partial charge in [0.2, 0.25) is 0 Å². The molecule has 0 heterocycles. The second kappa shape index (κ2) is 5.84. The number of carbonyl (C=O) groups excluding carboxylic acids is 1. The van der Waals surface area contributed by atoms with E-state index in [4.69, 9.17) is 5.73 Å². The predicted molar refractivity (Wildman–Crippen MR) is 101 cm³/mol. The summed E-state index contributed by atoms with van der Waals surface area (Å²) in [5, 5.41) is 0. The molecule has 2 unspecified atom stereocenters. The first kappa shape index (κ1) is 15.0. The minimum absolute atomic E-state index is 0.0184. The molecule has 2 aromatic carbocycles. The molecule has 0 radical (unpaired) electrons. The summed E-state index contributed by atoms with van der Waals surface area (Å²) in [6.45, 7) is 4.27. The number of rotatable bonds is 2. The summed E-state index contributed by atoms with van der Waals surface area (Å²) in [6.07, 6.45) is 6.13. The maximum absolute atomic E-state index is 13.1. The van der Waals surface area contributed by atoms with Crippen LogP contribution in [0, 0.1) is 11.8 Å². The lowest BCUT2D eigenvalue weighted by Gasteiger charge is -2.35. The molecule has 0 fully saturated rings. The van der Waals surface area contributed by atoms with Crippen molar-refractivity contribution >= 4 is 28.8 Å². The summed E-state index contributed by atoms with van der Waals surface area (Å²) in [7, 11) is 0. The second-order valence-corrected chi connectivity index (χ2v) is 7.15. The third-order valence-corrected chi connectivity index (χ3v) is 5.83. The first-order valence-corrected chi connectivity index (χ1v) is 8.71. The number of allylic oxidation sites excluding steroid dienone is 5. The Morgan fingerprint density at radius 3 is 2.50 bits per heavy atom. The van der Waals surface area contributed by atoms with E-state index in [9.17, 15) is 4.79 Å². The smallest absolute Gasteiger partial charge is 0.172 e. The van der Waals surface area contributed by atoms with Crippen LogP contribution in [0.15, 0.2) is 83.1 Å². The van der Waals surface area contributed by atoms with E-state index in [1.807, 2.05) is 60.7 Å². The number of anilines is 1. The molecule has 0 spiro atoms. The minimum atomic E-state index is -0.206. The predicted octanol–water partition coefficient (Wildman–Crippen LogP) is 4.96. The Bertz CT molecular complexity index is 910. The average molecular weight is 331 g/mol. The van der Waals surface area contributed by atoms with Crippen LogP contribution < -0.4 is 5.73 Å². The lowest BCUT2D eigenvalue weighted by Crippen LogP contribution is -2.31. The maximum Gasteiger partial charge on any atom is 0.172 e. The van der Waals surface area contributed by atoms with Gasteiger partial charge in [0.25, 0.3) is 0 Å². The molecule has 0 aliphatic heterocycles.